The largest absolute Gasteiger partial charge is 0.357 e. The Morgan fingerprint density at radius 3 is 2.52 bits per heavy atom. The summed E-state index contributed by atoms with van der Waals surface area (Å²) in [6.45, 7) is 15.7. The third-order valence-electron chi connectivity index (χ3n) is 4.65. The molecule has 0 aromatic carbocycles. The highest BCUT2D eigenvalue weighted by molar-refractivity contribution is 14.0. The van der Waals surface area contributed by atoms with Crippen LogP contribution in [0.15, 0.2) is 4.99 Å². The first-order valence-electron chi connectivity index (χ1n) is 9.66. The Morgan fingerprint density at radius 1 is 1.20 bits per heavy atom. The Morgan fingerprint density at radius 2 is 1.92 bits per heavy atom. The van der Waals surface area contributed by atoms with Gasteiger partial charge in [-0.1, -0.05) is 6.92 Å². The highest BCUT2D eigenvalue weighted by Crippen LogP contribution is 2.16. The van der Waals surface area contributed by atoms with Crippen molar-refractivity contribution < 1.29 is 4.79 Å². The number of rotatable bonds is 9. The third kappa shape index (κ3) is 9.63. The Balaban J connectivity index is 0.00000576. The zero-order chi connectivity index (χ0) is 17.8. The number of piperidine rings is 1. The zero-order valence-corrected chi connectivity index (χ0v) is 18.8. The molecule has 1 atom stereocenters. The topological polar surface area (TPSA) is 60.0 Å². The van der Waals surface area contributed by atoms with Crippen molar-refractivity contribution in [3.05, 3.63) is 0 Å². The highest BCUT2D eigenvalue weighted by Gasteiger charge is 2.18. The molecule has 25 heavy (non-hydrogen) atoms. The average Bonchev–Trinajstić information content (AvgIpc) is 2.61. The number of amides is 1. The second-order valence-electron chi connectivity index (χ2n) is 6.36. The molecule has 1 saturated heterocycles. The lowest BCUT2D eigenvalue weighted by Crippen LogP contribution is -2.41. The van der Waals surface area contributed by atoms with Gasteiger partial charge in [0.05, 0.1) is 0 Å². The molecule has 1 rings (SSSR count). The molecule has 0 radical (unpaired) electrons. The average molecular weight is 467 g/mol. The summed E-state index contributed by atoms with van der Waals surface area (Å²) in [5.74, 6) is 1.68. The van der Waals surface area contributed by atoms with E-state index in [2.05, 4.69) is 29.4 Å². The molecule has 1 amide bonds. The molecule has 1 fully saturated rings. The predicted molar refractivity (Wildman–Crippen MR) is 117 cm³/mol. The van der Waals surface area contributed by atoms with E-state index in [1.165, 1.54) is 19.4 Å². The van der Waals surface area contributed by atoms with E-state index in [0.717, 1.165) is 45.2 Å². The van der Waals surface area contributed by atoms with Crippen molar-refractivity contribution in [2.24, 2.45) is 10.9 Å². The number of hydrogen-bond acceptors (Lipinski definition) is 3. The highest BCUT2D eigenvalue weighted by atomic mass is 127. The van der Waals surface area contributed by atoms with Crippen LogP contribution in [0.2, 0.25) is 0 Å². The Hall–Kier alpha value is -0.570. The van der Waals surface area contributed by atoms with Crippen LogP contribution in [-0.2, 0) is 4.79 Å². The SMILES string of the molecule is CCNC(=NCC1CCCN(CC)C1)NCCC(=O)N(CC)CC.I. The fourth-order valence-corrected chi connectivity index (χ4v) is 3.17. The second-order valence-corrected chi connectivity index (χ2v) is 6.36. The summed E-state index contributed by atoms with van der Waals surface area (Å²) in [5.41, 5.74) is 0. The Labute approximate surface area is 171 Å². The molecule has 0 bridgehead atoms. The number of hydrogen-bond donors (Lipinski definition) is 2. The number of halogens is 1. The predicted octanol–water partition coefficient (Wildman–Crippen LogP) is 2.15. The van der Waals surface area contributed by atoms with Gasteiger partial charge in [0.2, 0.25) is 5.91 Å². The first-order chi connectivity index (χ1) is 11.6. The van der Waals surface area contributed by atoms with E-state index >= 15 is 0 Å². The summed E-state index contributed by atoms with van der Waals surface area (Å²) in [7, 11) is 0. The molecule has 0 aromatic rings. The molecular weight excluding hydrogens is 429 g/mol. The summed E-state index contributed by atoms with van der Waals surface area (Å²) in [6, 6.07) is 0. The lowest BCUT2D eigenvalue weighted by Gasteiger charge is -2.31. The Kier molecular flexibility index (Phi) is 14.3. The van der Waals surface area contributed by atoms with Gasteiger partial charge in [-0.05, 0) is 52.6 Å². The second kappa shape index (κ2) is 14.6. The van der Waals surface area contributed by atoms with E-state index in [4.69, 9.17) is 4.99 Å². The van der Waals surface area contributed by atoms with Gasteiger partial charge in [0.1, 0.15) is 0 Å². The van der Waals surface area contributed by atoms with E-state index in [0.29, 0.717) is 18.9 Å². The maximum atomic E-state index is 12.0. The fourth-order valence-electron chi connectivity index (χ4n) is 3.17. The van der Waals surface area contributed by atoms with Crippen molar-refractivity contribution in [2.45, 2.75) is 47.0 Å². The van der Waals surface area contributed by atoms with Gasteiger partial charge in [-0.15, -0.1) is 24.0 Å². The maximum Gasteiger partial charge on any atom is 0.224 e. The maximum absolute atomic E-state index is 12.0. The van der Waals surface area contributed by atoms with Gasteiger partial charge in [0, 0.05) is 45.7 Å². The minimum absolute atomic E-state index is 0. The van der Waals surface area contributed by atoms with Crippen LogP contribution in [0, 0.1) is 5.92 Å². The number of guanidine groups is 1. The molecule has 148 valence electrons. The Bertz CT molecular complexity index is 388. The lowest BCUT2D eigenvalue weighted by molar-refractivity contribution is -0.130. The molecule has 2 N–H and O–H groups in total. The van der Waals surface area contributed by atoms with Crippen molar-refractivity contribution in [3.63, 3.8) is 0 Å². The molecule has 1 aliphatic rings. The molecule has 1 heterocycles. The monoisotopic (exact) mass is 467 g/mol. The van der Waals surface area contributed by atoms with Gasteiger partial charge >= 0.3 is 0 Å². The summed E-state index contributed by atoms with van der Waals surface area (Å²) >= 11 is 0. The molecule has 0 spiro atoms. The van der Waals surface area contributed by atoms with Crippen LogP contribution in [0.4, 0.5) is 0 Å². The molecule has 0 saturated carbocycles. The van der Waals surface area contributed by atoms with E-state index in [-0.39, 0.29) is 29.9 Å². The van der Waals surface area contributed by atoms with E-state index < -0.39 is 0 Å². The summed E-state index contributed by atoms with van der Waals surface area (Å²) < 4.78 is 0. The summed E-state index contributed by atoms with van der Waals surface area (Å²) in [5, 5.41) is 6.58. The fraction of sp³-hybridized carbons (Fsp3) is 0.889. The van der Waals surface area contributed by atoms with Crippen LogP contribution in [-0.4, -0.2) is 74.0 Å². The smallest absolute Gasteiger partial charge is 0.224 e. The first-order valence-corrected chi connectivity index (χ1v) is 9.66. The van der Waals surface area contributed by atoms with Gasteiger partial charge < -0.3 is 20.4 Å². The van der Waals surface area contributed by atoms with E-state index in [1.807, 2.05) is 18.7 Å². The summed E-state index contributed by atoms with van der Waals surface area (Å²) in [6.07, 6.45) is 3.05. The number of nitrogens with zero attached hydrogens (tertiary/aromatic N) is 3. The quantitative estimate of drug-likeness (QED) is 0.310. The molecule has 1 unspecified atom stereocenters. The first kappa shape index (κ1) is 24.4. The van der Waals surface area contributed by atoms with Gasteiger partial charge in [-0.25, -0.2) is 0 Å². The lowest BCUT2D eigenvalue weighted by atomic mass is 9.98. The number of aliphatic imine (C=N–C) groups is 1. The van der Waals surface area contributed by atoms with Crippen LogP contribution in [0.1, 0.15) is 47.0 Å². The van der Waals surface area contributed by atoms with Gasteiger partial charge in [0.15, 0.2) is 5.96 Å². The summed E-state index contributed by atoms with van der Waals surface area (Å²) in [4.78, 5) is 21.1. The van der Waals surface area contributed by atoms with Crippen LogP contribution in [0.25, 0.3) is 0 Å². The van der Waals surface area contributed by atoms with Crippen molar-refractivity contribution in [2.75, 3.05) is 52.4 Å². The van der Waals surface area contributed by atoms with Crippen molar-refractivity contribution >= 4 is 35.8 Å². The molecular formula is C18H38IN5O. The van der Waals surface area contributed by atoms with Crippen molar-refractivity contribution in [1.29, 1.82) is 0 Å². The van der Waals surface area contributed by atoms with Gasteiger partial charge in [0.25, 0.3) is 0 Å². The van der Waals surface area contributed by atoms with Gasteiger partial charge in [-0.2, -0.15) is 0 Å². The van der Waals surface area contributed by atoms with E-state index in [1.54, 1.807) is 0 Å². The minimum atomic E-state index is 0. The zero-order valence-electron chi connectivity index (χ0n) is 16.5. The molecule has 0 aliphatic carbocycles. The third-order valence-corrected chi connectivity index (χ3v) is 4.65. The number of nitrogens with one attached hydrogen (secondary N) is 2. The van der Waals surface area contributed by atoms with Crippen LogP contribution in [0.3, 0.4) is 0 Å². The van der Waals surface area contributed by atoms with Crippen molar-refractivity contribution in [1.82, 2.24) is 20.4 Å². The van der Waals surface area contributed by atoms with Crippen molar-refractivity contribution in [3.8, 4) is 0 Å². The standard InChI is InChI=1S/C18H37N5O.HI/c1-5-19-18(20-12-11-17(24)23(7-3)8-4)21-14-16-10-9-13-22(6-2)15-16;/h16H,5-15H2,1-4H3,(H2,19,20,21);1H. The van der Waals surface area contributed by atoms with Crippen LogP contribution in [0.5, 0.6) is 0 Å². The van der Waals surface area contributed by atoms with Gasteiger partial charge in [-0.3, -0.25) is 9.79 Å². The number of carbonyl (C=O) groups excluding carboxylic acids is 1. The van der Waals surface area contributed by atoms with Crippen LogP contribution < -0.4 is 10.6 Å². The molecule has 0 aromatic heterocycles. The number of carbonyl (C=O) groups is 1. The molecule has 1 aliphatic heterocycles. The molecule has 6 nitrogen and oxygen atoms in total. The van der Waals surface area contributed by atoms with E-state index in [9.17, 15) is 4.79 Å². The van der Waals surface area contributed by atoms with Crippen LogP contribution >= 0.6 is 24.0 Å². The normalized spacial score (nSPS) is 18.4. The number of likely N-dealkylation sites (tertiary alicyclic amines) is 1. The minimum Gasteiger partial charge on any atom is -0.357 e. The molecule has 7 heteroatoms.